The summed E-state index contributed by atoms with van der Waals surface area (Å²) in [7, 11) is 0. The van der Waals surface area contributed by atoms with Crippen LogP contribution in [-0.4, -0.2) is 28.7 Å². The highest BCUT2D eigenvalue weighted by Crippen LogP contribution is 2.28. The highest BCUT2D eigenvalue weighted by atomic mass is 19.1. The fourth-order valence-corrected chi connectivity index (χ4v) is 2.51. The van der Waals surface area contributed by atoms with E-state index in [0.29, 0.717) is 5.56 Å². The van der Waals surface area contributed by atoms with Crippen molar-refractivity contribution in [1.82, 2.24) is 10.2 Å². The van der Waals surface area contributed by atoms with Gasteiger partial charge in [0, 0.05) is 13.0 Å². The highest BCUT2D eigenvalue weighted by Gasteiger charge is 2.40. The summed E-state index contributed by atoms with van der Waals surface area (Å²) < 4.78 is 21.2. The van der Waals surface area contributed by atoms with Crippen molar-refractivity contribution in [2.75, 3.05) is 0 Å². The fraction of sp³-hybridized carbons (Fsp3) is 0.308. The average Bonchev–Trinajstić information content (AvgIpc) is 2.66. The molecule has 3 amide bonds. The van der Waals surface area contributed by atoms with Gasteiger partial charge in [-0.15, -0.1) is 0 Å². The summed E-state index contributed by atoms with van der Waals surface area (Å²) in [6, 6.07) is 1.62. The first kappa shape index (κ1) is 10.7. The molecular weight excluding hydrogens is 251 g/mol. The Bertz CT molecular complexity index is 647. The summed E-state index contributed by atoms with van der Waals surface area (Å²) in [4.78, 5) is 36.4. The predicted octanol–water partition coefficient (Wildman–Crippen LogP) is 0.587. The molecule has 0 radical (unpaired) electrons. The van der Waals surface area contributed by atoms with Gasteiger partial charge in [0.2, 0.25) is 11.8 Å². The van der Waals surface area contributed by atoms with E-state index in [-0.39, 0.29) is 36.9 Å². The van der Waals surface area contributed by atoms with Crippen LogP contribution in [0, 0.1) is 5.82 Å². The van der Waals surface area contributed by atoms with Gasteiger partial charge in [-0.1, -0.05) is 12.1 Å². The van der Waals surface area contributed by atoms with Gasteiger partial charge in [-0.25, -0.2) is 4.39 Å². The van der Waals surface area contributed by atoms with E-state index in [9.17, 15) is 18.8 Å². The van der Waals surface area contributed by atoms with Crippen LogP contribution >= 0.6 is 0 Å². The monoisotopic (exact) mass is 263 g/mol. The summed E-state index contributed by atoms with van der Waals surface area (Å²) in [5.74, 6) is -2.21. The fourth-order valence-electron chi connectivity index (χ4n) is 2.51. The minimum absolute atomic E-state index is 0.0147. The van der Waals surface area contributed by atoms with Crippen LogP contribution in [0.2, 0.25) is 0 Å². The van der Waals surface area contributed by atoms with Crippen LogP contribution in [0.1, 0.15) is 30.1 Å². The molecule has 0 saturated carbocycles. The second-order valence-corrected chi connectivity index (χ2v) is 4.60. The first-order chi connectivity index (χ1) is 9.47. The van der Waals surface area contributed by atoms with Crippen molar-refractivity contribution in [2.45, 2.75) is 25.4 Å². The molecule has 0 aromatic heterocycles. The molecule has 1 atom stereocenters. The number of rotatable bonds is 1. The van der Waals surface area contributed by atoms with Crippen LogP contribution in [0.5, 0.6) is 0 Å². The smallest absolute Gasteiger partial charge is 0.258 e. The van der Waals surface area contributed by atoms with Gasteiger partial charge in [-0.3, -0.25) is 19.7 Å². The summed E-state index contributed by atoms with van der Waals surface area (Å²) >= 11 is 0. The van der Waals surface area contributed by atoms with Gasteiger partial charge in [0.25, 0.3) is 5.91 Å². The number of fused-ring (bicyclic) bond motifs is 1. The minimum Gasteiger partial charge on any atom is -0.322 e. The molecule has 1 aromatic rings. The third-order valence-electron chi connectivity index (χ3n) is 3.43. The largest absolute Gasteiger partial charge is 0.322 e. The third kappa shape index (κ3) is 1.80. The van der Waals surface area contributed by atoms with Gasteiger partial charge in [-0.05, 0) is 18.1 Å². The Morgan fingerprint density at radius 2 is 2.16 bits per heavy atom. The lowest BCUT2D eigenvalue weighted by atomic mass is 10.0. The van der Waals surface area contributed by atoms with Crippen LogP contribution in [0.15, 0.2) is 18.2 Å². The Morgan fingerprint density at radius 1 is 1.37 bits per heavy atom. The molecule has 0 aliphatic carbocycles. The van der Waals surface area contributed by atoms with E-state index < -0.39 is 23.7 Å². The SMILES string of the molecule is [2H]c1cc(F)c2c(c1)CN(C1CCC(=O)NC1=O)C2=O. The zero-order valence-corrected chi connectivity index (χ0v) is 9.90. The number of carbonyl (C=O) groups is 3. The van der Waals surface area contributed by atoms with E-state index in [0.717, 1.165) is 6.07 Å². The number of carbonyl (C=O) groups excluding carboxylic acids is 3. The van der Waals surface area contributed by atoms with E-state index in [1.165, 1.54) is 11.0 Å². The number of nitrogens with one attached hydrogen (secondary N) is 1. The molecule has 19 heavy (non-hydrogen) atoms. The van der Waals surface area contributed by atoms with Gasteiger partial charge in [-0.2, -0.15) is 0 Å². The third-order valence-corrected chi connectivity index (χ3v) is 3.43. The van der Waals surface area contributed by atoms with Gasteiger partial charge in [0.15, 0.2) is 0 Å². The van der Waals surface area contributed by atoms with Gasteiger partial charge < -0.3 is 4.90 Å². The Balaban J connectivity index is 1.92. The van der Waals surface area contributed by atoms with Crippen LogP contribution in [0.3, 0.4) is 0 Å². The molecule has 5 nitrogen and oxygen atoms in total. The summed E-state index contributed by atoms with van der Waals surface area (Å²) in [6.07, 6.45) is 0.391. The van der Waals surface area contributed by atoms with Crippen molar-refractivity contribution in [3.05, 3.63) is 35.1 Å². The van der Waals surface area contributed by atoms with E-state index in [2.05, 4.69) is 5.32 Å². The zero-order valence-electron chi connectivity index (χ0n) is 10.9. The number of hydrogen-bond acceptors (Lipinski definition) is 3. The number of nitrogens with zero attached hydrogens (tertiary/aromatic N) is 1. The first-order valence-corrected chi connectivity index (χ1v) is 5.91. The number of benzene rings is 1. The molecule has 6 heteroatoms. The Kier molecular flexibility index (Phi) is 2.33. The molecule has 1 fully saturated rings. The first-order valence-electron chi connectivity index (χ1n) is 6.41. The van der Waals surface area contributed by atoms with Crippen molar-refractivity contribution in [2.24, 2.45) is 0 Å². The van der Waals surface area contributed by atoms with Crippen LogP contribution in [0.25, 0.3) is 0 Å². The number of piperidine rings is 1. The molecule has 1 N–H and O–H groups in total. The molecule has 3 rings (SSSR count). The van der Waals surface area contributed by atoms with Crippen molar-refractivity contribution in [3.63, 3.8) is 0 Å². The quantitative estimate of drug-likeness (QED) is 0.754. The molecular formula is C13H11FN2O3. The van der Waals surface area contributed by atoms with Crippen molar-refractivity contribution in [3.8, 4) is 0 Å². The van der Waals surface area contributed by atoms with Crippen molar-refractivity contribution >= 4 is 17.7 Å². The maximum atomic E-state index is 13.8. The Hall–Kier alpha value is -2.24. The van der Waals surface area contributed by atoms with E-state index in [1.54, 1.807) is 0 Å². The maximum absolute atomic E-state index is 13.8. The molecule has 0 bridgehead atoms. The van der Waals surface area contributed by atoms with Crippen molar-refractivity contribution < 1.29 is 20.1 Å². The van der Waals surface area contributed by atoms with E-state index in [1.807, 2.05) is 0 Å². The molecule has 1 saturated heterocycles. The van der Waals surface area contributed by atoms with E-state index >= 15 is 0 Å². The Morgan fingerprint density at radius 3 is 2.89 bits per heavy atom. The molecule has 2 aliphatic rings. The minimum atomic E-state index is -0.763. The van der Waals surface area contributed by atoms with E-state index in [4.69, 9.17) is 1.37 Å². The molecule has 2 aliphatic heterocycles. The Labute approximate surface area is 109 Å². The normalized spacial score (nSPS) is 23.2. The van der Waals surface area contributed by atoms with Gasteiger partial charge in [0.05, 0.1) is 6.93 Å². The average molecular weight is 263 g/mol. The second-order valence-electron chi connectivity index (χ2n) is 4.60. The highest BCUT2D eigenvalue weighted by molar-refractivity contribution is 6.05. The summed E-state index contributed by atoms with van der Waals surface area (Å²) in [5.41, 5.74) is 0.329. The topological polar surface area (TPSA) is 66.5 Å². The molecule has 0 spiro atoms. The molecule has 2 heterocycles. The second kappa shape index (κ2) is 4.15. The number of halogens is 1. The lowest BCUT2D eigenvalue weighted by Crippen LogP contribution is -2.52. The van der Waals surface area contributed by atoms with Gasteiger partial charge in [0.1, 0.15) is 11.9 Å². The summed E-state index contributed by atoms with van der Waals surface area (Å²) in [5, 5.41) is 2.18. The van der Waals surface area contributed by atoms with Crippen molar-refractivity contribution in [1.29, 1.82) is 0 Å². The standard InChI is InChI=1S/C13H11FN2O3/c14-8-3-1-2-7-6-16(13(19)11(7)8)9-4-5-10(17)15-12(9)18/h1-3,9H,4-6H2,(H,15,17,18)/i1D. The predicted molar refractivity (Wildman–Crippen MR) is 62.4 cm³/mol. The number of hydrogen-bond donors (Lipinski definition) is 1. The van der Waals surface area contributed by atoms with Crippen LogP contribution in [-0.2, 0) is 16.1 Å². The lowest BCUT2D eigenvalue weighted by Gasteiger charge is -2.29. The number of imide groups is 1. The summed E-state index contributed by atoms with van der Waals surface area (Å²) in [6.45, 7) is 0.0874. The molecule has 98 valence electrons. The lowest BCUT2D eigenvalue weighted by molar-refractivity contribution is -0.136. The van der Waals surface area contributed by atoms with Crippen LogP contribution in [0.4, 0.5) is 4.39 Å². The number of amides is 3. The maximum Gasteiger partial charge on any atom is 0.258 e. The zero-order chi connectivity index (χ0) is 14.4. The molecule has 1 unspecified atom stereocenters. The van der Waals surface area contributed by atoms with Gasteiger partial charge >= 0.3 is 0 Å². The van der Waals surface area contributed by atoms with Crippen LogP contribution < -0.4 is 5.32 Å². The molecule has 1 aromatic carbocycles.